The first-order valence-electron chi connectivity index (χ1n) is 3.57. The molecule has 0 saturated carbocycles. The fourth-order valence-electron chi connectivity index (χ4n) is 0.896. The largest absolute Gasteiger partial charge is 0.480 e. The number of aliphatic carboxylic acids is 1. The van der Waals surface area contributed by atoms with Crippen LogP contribution in [0.15, 0.2) is 23.1 Å². The number of nitrogens with zero attached hydrogens (tertiary/aromatic N) is 2. The van der Waals surface area contributed by atoms with Gasteiger partial charge in [0.15, 0.2) is 0 Å². The second-order valence-electron chi connectivity index (χ2n) is 2.50. The average Bonchev–Trinajstić information content (AvgIpc) is 2.07. The molecule has 0 aliphatic rings. The van der Waals surface area contributed by atoms with Gasteiger partial charge in [0, 0.05) is 12.1 Å². The van der Waals surface area contributed by atoms with Crippen molar-refractivity contribution in [3.8, 4) is 0 Å². The van der Waals surface area contributed by atoms with Crippen LogP contribution in [0.4, 0.5) is 5.69 Å². The summed E-state index contributed by atoms with van der Waals surface area (Å²) in [5.41, 5.74) is -0.899. The van der Waals surface area contributed by atoms with Crippen LogP contribution in [0.25, 0.3) is 0 Å². The van der Waals surface area contributed by atoms with Crippen molar-refractivity contribution in [2.45, 2.75) is 6.54 Å². The Labute approximate surface area is 77.4 Å². The molecule has 0 bridgehead atoms. The summed E-state index contributed by atoms with van der Waals surface area (Å²) in [6, 6.07) is 1.99. The molecule has 0 radical (unpaired) electrons. The van der Waals surface area contributed by atoms with Crippen molar-refractivity contribution in [1.82, 2.24) is 4.57 Å². The Kier molecular flexibility index (Phi) is 2.61. The minimum atomic E-state index is -1.23. The molecule has 0 aromatic carbocycles. The number of carbonyl (C=O) groups is 1. The summed E-state index contributed by atoms with van der Waals surface area (Å²) >= 11 is 0. The van der Waals surface area contributed by atoms with Crippen LogP contribution in [-0.4, -0.2) is 20.6 Å². The molecule has 0 atom stereocenters. The zero-order chi connectivity index (χ0) is 10.7. The van der Waals surface area contributed by atoms with Crippen molar-refractivity contribution in [2.75, 3.05) is 0 Å². The van der Waals surface area contributed by atoms with E-state index in [1.807, 2.05) is 0 Å². The van der Waals surface area contributed by atoms with Gasteiger partial charge in [0.25, 0.3) is 11.2 Å². The lowest BCUT2D eigenvalue weighted by molar-refractivity contribution is -0.385. The first-order chi connectivity index (χ1) is 6.50. The lowest BCUT2D eigenvalue weighted by atomic mass is 10.4. The van der Waals surface area contributed by atoms with E-state index in [-0.39, 0.29) is 5.69 Å². The monoisotopic (exact) mass is 198 g/mol. The number of hydrogen-bond donors (Lipinski definition) is 1. The molecular weight excluding hydrogens is 192 g/mol. The van der Waals surface area contributed by atoms with Crippen LogP contribution < -0.4 is 5.56 Å². The van der Waals surface area contributed by atoms with E-state index in [1.165, 1.54) is 0 Å². The molecule has 0 spiro atoms. The van der Waals surface area contributed by atoms with Gasteiger partial charge in [-0.2, -0.15) is 0 Å². The first-order valence-corrected chi connectivity index (χ1v) is 3.57. The third-order valence-corrected chi connectivity index (χ3v) is 1.48. The predicted octanol–water partition coefficient (Wildman–Crippen LogP) is -0.159. The van der Waals surface area contributed by atoms with Crippen molar-refractivity contribution < 1.29 is 14.8 Å². The quantitative estimate of drug-likeness (QED) is 0.537. The fourth-order valence-corrected chi connectivity index (χ4v) is 0.896. The zero-order valence-corrected chi connectivity index (χ0v) is 6.91. The number of rotatable bonds is 3. The molecule has 0 aliphatic heterocycles. The Bertz CT molecular complexity index is 436. The summed E-state index contributed by atoms with van der Waals surface area (Å²) in [4.78, 5) is 30.9. The number of carboxylic acid groups (broad SMARTS) is 1. The van der Waals surface area contributed by atoms with E-state index in [4.69, 9.17) is 5.11 Å². The summed E-state index contributed by atoms with van der Waals surface area (Å²) in [6.07, 6.45) is 0.899. The Balaban J connectivity index is 3.15. The minimum absolute atomic E-state index is 0.314. The zero-order valence-electron chi connectivity index (χ0n) is 6.91. The van der Waals surface area contributed by atoms with E-state index in [0.29, 0.717) is 0 Å². The second-order valence-corrected chi connectivity index (χ2v) is 2.50. The van der Waals surface area contributed by atoms with Gasteiger partial charge in [-0.3, -0.25) is 24.3 Å². The summed E-state index contributed by atoms with van der Waals surface area (Å²) in [5, 5.41) is 18.7. The number of aromatic nitrogens is 1. The summed E-state index contributed by atoms with van der Waals surface area (Å²) in [7, 11) is 0. The molecule has 0 aliphatic carbocycles. The Morgan fingerprint density at radius 3 is 2.71 bits per heavy atom. The lowest BCUT2D eigenvalue weighted by Crippen LogP contribution is -2.22. The van der Waals surface area contributed by atoms with Gasteiger partial charge in [-0.25, -0.2) is 0 Å². The molecule has 1 N–H and O–H groups in total. The van der Waals surface area contributed by atoms with E-state index in [2.05, 4.69) is 0 Å². The maximum Gasteiger partial charge on any atom is 0.323 e. The molecular formula is C7H6N2O5. The van der Waals surface area contributed by atoms with Crippen LogP contribution >= 0.6 is 0 Å². The molecule has 1 aromatic heterocycles. The summed E-state index contributed by atoms with van der Waals surface area (Å²) < 4.78 is 0.764. The van der Waals surface area contributed by atoms with Crippen LogP contribution in [-0.2, 0) is 11.3 Å². The Morgan fingerprint density at radius 1 is 1.57 bits per heavy atom. The van der Waals surface area contributed by atoms with Crippen molar-refractivity contribution in [2.24, 2.45) is 0 Å². The van der Waals surface area contributed by atoms with E-state index in [1.54, 1.807) is 0 Å². The molecule has 1 heterocycles. The van der Waals surface area contributed by atoms with E-state index >= 15 is 0 Å². The molecule has 7 nitrogen and oxygen atoms in total. The van der Waals surface area contributed by atoms with Gasteiger partial charge in [-0.1, -0.05) is 0 Å². The van der Waals surface area contributed by atoms with Crippen LogP contribution in [0.3, 0.4) is 0 Å². The number of hydrogen-bond acceptors (Lipinski definition) is 4. The van der Waals surface area contributed by atoms with Crippen molar-refractivity contribution in [3.63, 3.8) is 0 Å². The van der Waals surface area contributed by atoms with Crippen molar-refractivity contribution in [1.29, 1.82) is 0 Å². The fraction of sp³-hybridized carbons (Fsp3) is 0.143. The van der Waals surface area contributed by atoms with Gasteiger partial charge in [0.2, 0.25) is 0 Å². The standard InChI is InChI=1S/C7H6N2O5/c10-6-2-1-5(9(13)14)3-8(6)4-7(11)12/h1-3H,4H2,(H,11,12). The Morgan fingerprint density at radius 2 is 2.21 bits per heavy atom. The minimum Gasteiger partial charge on any atom is -0.480 e. The molecule has 0 unspecified atom stereocenters. The molecule has 14 heavy (non-hydrogen) atoms. The second kappa shape index (κ2) is 3.69. The van der Waals surface area contributed by atoms with Crippen molar-refractivity contribution >= 4 is 11.7 Å². The Hall–Kier alpha value is -2.18. The van der Waals surface area contributed by atoms with Crippen LogP contribution in [0.1, 0.15) is 0 Å². The third kappa shape index (κ3) is 2.16. The van der Waals surface area contributed by atoms with Crippen LogP contribution in [0.2, 0.25) is 0 Å². The molecule has 1 aromatic rings. The number of pyridine rings is 1. The maximum absolute atomic E-state index is 11.0. The van der Waals surface area contributed by atoms with Crippen molar-refractivity contribution in [3.05, 3.63) is 38.8 Å². The molecule has 1 rings (SSSR count). The van der Waals surface area contributed by atoms with E-state index in [9.17, 15) is 19.7 Å². The van der Waals surface area contributed by atoms with Gasteiger partial charge in [0.1, 0.15) is 6.54 Å². The van der Waals surface area contributed by atoms with E-state index < -0.39 is 23.0 Å². The summed E-state index contributed by atoms with van der Waals surface area (Å²) in [5.74, 6) is -1.23. The highest BCUT2D eigenvalue weighted by atomic mass is 16.6. The van der Waals surface area contributed by atoms with Gasteiger partial charge < -0.3 is 5.11 Å². The SMILES string of the molecule is O=C(O)Cn1cc([N+](=O)[O-])ccc1=O. The molecule has 0 saturated heterocycles. The third-order valence-electron chi connectivity index (χ3n) is 1.48. The number of nitro groups is 1. The lowest BCUT2D eigenvalue weighted by Gasteiger charge is -1.99. The smallest absolute Gasteiger partial charge is 0.323 e. The van der Waals surface area contributed by atoms with Gasteiger partial charge >= 0.3 is 5.97 Å². The molecule has 0 fully saturated rings. The molecule has 7 heteroatoms. The highest BCUT2D eigenvalue weighted by molar-refractivity contribution is 5.66. The highest BCUT2D eigenvalue weighted by Crippen LogP contribution is 2.05. The van der Waals surface area contributed by atoms with Gasteiger partial charge in [-0.15, -0.1) is 0 Å². The first kappa shape index (κ1) is 9.90. The normalized spacial score (nSPS) is 9.71. The topological polar surface area (TPSA) is 102 Å². The maximum atomic E-state index is 11.0. The van der Waals surface area contributed by atoms with Crippen LogP contribution in [0.5, 0.6) is 0 Å². The highest BCUT2D eigenvalue weighted by Gasteiger charge is 2.09. The molecule has 0 amide bonds. The summed E-state index contributed by atoms with van der Waals surface area (Å²) in [6.45, 7) is -0.583. The van der Waals surface area contributed by atoms with Gasteiger partial charge in [0.05, 0.1) is 11.1 Å². The van der Waals surface area contributed by atoms with Crippen LogP contribution in [0, 0.1) is 10.1 Å². The number of carboxylic acids is 1. The predicted molar refractivity (Wildman–Crippen MR) is 45.0 cm³/mol. The molecule has 74 valence electrons. The van der Waals surface area contributed by atoms with Gasteiger partial charge in [-0.05, 0) is 0 Å². The average molecular weight is 198 g/mol. The van der Waals surface area contributed by atoms with E-state index in [0.717, 1.165) is 22.9 Å².